The van der Waals surface area contributed by atoms with Crippen molar-refractivity contribution in [1.29, 1.82) is 0 Å². The number of fused-ring (bicyclic) bond motifs is 3. The van der Waals surface area contributed by atoms with Gasteiger partial charge in [0.05, 0.1) is 18.3 Å². The SMILES string of the molecule is COC(=O)/C1=C/[C@H]2[C@@H](C(C)C)CC=C(C)[C@@H]2CC[C@@]2(C)C=C[C@@]1(O)O2. The number of esters is 1. The third-order valence-electron chi connectivity index (χ3n) is 6.26. The van der Waals surface area contributed by atoms with Crippen LogP contribution in [0.3, 0.4) is 0 Å². The fourth-order valence-electron chi connectivity index (χ4n) is 4.68. The number of hydrogen-bond donors (Lipinski definition) is 1. The first-order valence-electron chi connectivity index (χ1n) is 9.29. The number of carbonyl (C=O) groups is 1. The van der Waals surface area contributed by atoms with Gasteiger partial charge in [-0.05, 0) is 62.9 Å². The van der Waals surface area contributed by atoms with Gasteiger partial charge < -0.3 is 14.6 Å². The zero-order valence-corrected chi connectivity index (χ0v) is 15.9. The van der Waals surface area contributed by atoms with Crippen LogP contribution in [0, 0.1) is 23.7 Å². The van der Waals surface area contributed by atoms with Gasteiger partial charge in [-0.2, -0.15) is 0 Å². The summed E-state index contributed by atoms with van der Waals surface area (Å²) in [5.74, 6) is -0.739. The summed E-state index contributed by atoms with van der Waals surface area (Å²) < 4.78 is 11.0. The Balaban J connectivity index is 2.14. The van der Waals surface area contributed by atoms with Gasteiger partial charge in [-0.1, -0.05) is 37.6 Å². The average Bonchev–Trinajstić information content (AvgIpc) is 2.88. The van der Waals surface area contributed by atoms with Crippen LogP contribution >= 0.6 is 0 Å². The summed E-state index contributed by atoms with van der Waals surface area (Å²) in [6.07, 6.45) is 10.6. The molecule has 0 unspecified atom stereocenters. The predicted molar refractivity (Wildman–Crippen MR) is 96.6 cm³/mol. The number of rotatable bonds is 2. The van der Waals surface area contributed by atoms with Crippen LogP contribution in [0.25, 0.3) is 0 Å². The molecular weight excluding hydrogens is 316 g/mol. The third kappa shape index (κ3) is 3.22. The molecule has 4 heteroatoms. The second-order valence-corrected chi connectivity index (χ2v) is 8.33. The molecule has 0 aromatic carbocycles. The number of ether oxygens (including phenoxy) is 2. The molecule has 138 valence electrons. The fraction of sp³-hybridized carbons (Fsp3) is 0.667. The van der Waals surface area contributed by atoms with Gasteiger partial charge >= 0.3 is 5.97 Å². The largest absolute Gasteiger partial charge is 0.466 e. The molecule has 4 nitrogen and oxygen atoms in total. The molecule has 1 N–H and O–H groups in total. The quantitative estimate of drug-likeness (QED) is 0.611. The molecule has 0 aromatic heterocycles. The zero-order valence-electron chi connectivity index (χ0n) is 15.9. The smallest absolute Gasteiger partial charge is 0.339 e. The standard InChI is InChI=1S/C21H30O4/c1-13(2)15-7-6-14(3)16-8-9-20(4)10-11-21(23,25-20)18(12-17(15)16)19(22)24-5/h6,10-13,15-17,23H,7-9H2,1-5H3/b18-12-/t15-,16+,17+,20+,21-/m1/s1. The molecule has 1 aliphatic carbocycles. The maximum Gasteiger partial charge on any atom is 0.339 e. The van der Waals surface area contributed by atoms with Gasteiger partial charge in [0, 0.05) is 0 Å². The van der Waals surface area contributed by atoms with Crippen molar-refractivity contribution in [2.24, 2.45) is 23.7 Å². The van der Waals surface area contributed by atoms with Crippen molar-refractivity contribution in [3.8, 4) is 0 Å². The van der Waals surface area contributed by atoms with E-state index in [0.29, 0.717) is 17.8 Å². The van der Waals surface area contributed by atoms with Crippen molar-refractivity contribution in [3.05, 3.63) is 35.5 Å². The van der Waals surface area contributed by atoms with E-state index in [9.17, 15) is 9.90 Å². The van der Waals surface area contributed by atoms with E-state index in [0.717, 1.165) is 19.3 Å². The summed E-state index contributed by atoms with van der Waals surface area (Å²) in [7, 11) is 1.35. The molecule has 0 saturated heterocycles. The van der Waals surface area contributed by atoms with E-state index in [2.05, 4.69) is 26.8 Å². The Bertz CT molecular complexity index is 644. The molecule has 2 bridgehead atoms. The molecule has 0 amide bonds. The Labute approximate surface area is 150 Å². The molecular formula is C21H30O4. The van der Waals surface area contributed by atoms with E-state index >= 15 is 0 Å². The lowest BCUT2D eigenvalue weighted by atomic mass is 9.65. The van der Waals surface area contributed by atoms with Crippen LogP contribution in [0.15, 0.2) is 35.5 Å². The number of allylic oxidation sites excluding steroid dienone is 3. The van der Waals surface area contributed by atoms with E-state index in [-0.39, 0.29) is 11.5 Å². The van der Waals surface area contributed by atoms with E-state index in [1.807, 2.05) is 19.1 Å². The van der Waals surface area contributed by atoms with Crippen LogP contribution < -0.4 is 0 Å². The second kappa shape index (κ2) is 6.40. The highest BCUT2D eigenvalue weighted by Gasteiger charge is 2.49. The van der Waals surface area contributed by atoms with Crippen molar-refractivity contribution in [2.75, 3.05) is 7.11 Å². The van der Waals surface area contributed by atoms with Gasteiger partial charge in [-0.3, -0.25) is 0 Å². The average molecular weight is 346 g/mol. The van der Waals surface area contributed by atoms with Crippen molar-refractivity contribution < 1.29 is 19.4 Å². The van der Waals surface area contributed by atoms with Crippen molar-refractivity contribution >= 4 is 5.97 Å². The highest BCUT2D eigenvalue weighted by atomic mass is 16.6. The number of carbonyl (C=O) groups excluding carboxylic acids is 1. The maximum atomic E-state index is 12.5. The van der Waals surface area contributed by atoms with Crippen molar-refractivity contribution in [3.63, 3.8) is 0 Å². The third-order valence-corrected chi connectivity index (χ3v) is 6.26. The molecule has 2 aliphatic heterocycles. The zero-order chi connectivity index (χ0) is 18.4. The molecule has 25 heavy (non-hydrogen) atoms. The predicted octanol–water partition coefficient (Wildman–Crippen LogP) is 3.77. The minimum atomic E-state index is -1.70. The summed E-state index contributed by atoms with van der Waals surface area (Å²) in [4.78, 5) is 12.5. The first kappa shape index (κ1) is 18.4. The highest BCUT2D eigenvalue weighted by Crippen LogP contribution is 2.48. The lowest BCUT2D eigenvalue weighted by molar-refractivity contribution is -0.186. The van der Waals surface area contributed by atoms with Crippen LogP contribution in [-0.4, -0.2) is 29.6 Å². The summed E-state index contributed by atoms with van der Waals surface area (Å²) in [6.45, 7) is 8.61. The number of methoxy groups -OCH3 is 1. The second-order valence-electron chi connectivity index (χ2n) is 8.33. The summed E-state index contributed by atoms with van der Waals surface area (Å²) in [5.41, 5.74) is 1.02. The van der Waals surface area contributed by atoms with E-state index < -0.39 is 17.4 Å². The number of aliphatic hydroxyl groups is 1. The summed E-state index contributed by atoms with van der Waals surface area (Å²) >= 11 is 0. The van der Waals surface area contributed by atoms with Gasteiger partial charge in [0.2, 0.25) is 5.79 Å². The Hall–Kier alpha value is -1.39. The molecule has 0 fully saturated rings. The molecule has 0 spiro atoms. The highest BCUT2D eigenvalue weighted by molar-refractivity contribution is 5.91. The minimum absolute atomic E-state index is 0.197. The summed E-state index contributed by atoms with van der Waals surface area (Å²) in [5, 5.41) is 11.1. The van der Waals surface area contributed by atoms with Crippen LogP contribution in [0.1, 0.15) is 47.0 Å². The normalized spacial score (nSPS) is 42.6. The lowest BCUT2D eigenvalue weighted by Crippen LogP contribution is -2.39. The van der Waals surface area contributed by atoms with Gasteiger partial charge in [0.1, 0.15) is 0 Å². The maximum absolute atomic E-state index is 12.5. The fourth-order valence-corrected chi connectivity index (χ4v) is 4.68. The van der Waals surface area contributed by atoms with E-state index in [1.165, 1.54) is 12.7 Å². The van der Waals surface area contributed by atoms with Crippen LogP contribution in [0.2, 0.25) is 0 Å². The first-order valence-corrected chi connectivity index (χ1v) is 9.29. The van der Waals surface area contributed by atoms with Crippen molar-refractivity contribution in [1.82, 2.24) is 0 Å². The molecule has 0 radical (unpaired) electrons. The van der Waals surface area contributed by atoms with Crippen LogP contribution in [0.4, 0.5) is 0 Å². The molecule has 2 heterocycles. The minimum Gasteiger partial charge on any atom is -0.466 e. The van der Waals surface area contributed by atoms with Crippen LogP contribution in [-0.2, 0) is 14.3 Å². The molecule has 3 rings (SSSR count). The molecule has 0 saturated carbocycles. The van der Waals surface area contributed by atoms with Gasteiger partial charge in [-0.25, -0.2) is 4.79 Å². The van der Waals surface area contributed by atoms with Crippen LogP contribution in [0.5, 0.6) is 0 Å². The van der Waals surface area contributed by atoms with E-state index in [4.69, 9.17) is 9.47 Å². The monoisotopic (exact) mass is 346 g/mol. The molecule has 0 aromatic rings. The van der Waals surface area contributed by atoms with E-state index in [1.54, 1.807) is 6.08 Å². The Morgan fingerprint density at radius 1 is 1.40 bits per heavy atom. The molecule has 3 aliphatic rings. The van der Waals surface area contributed by atoms with Crippen molar-refractivity contribution in [2.45, 2.75) is 58.3 Å². The first-order chi connectivity index (χ1) is 11.7. The van der Waals surface area contributed by atoms with Gasteiger partial charge in [-0.15, -0.1) is 0 Å². The van der Waals surface area contributed by atoms with Gasteiger partial charge in [0.15, 0.2) is 0 Å². The lowest BCUT2D eigenvalue weighted by Gasteiger charge is -2.39. The summed E-state index contributed by atoms with van der Waals surface area (Å²) in [6, 6.07) is 0. The van der Waals surface area contributed by atoms with Gasteiger partial charge in [0.25, 0.3) is 0 Å². The Kier molecular flexibility index (Phi) is 4.71. The Morgan fingerprint density at radius 2 is 2.12 bits per heavy atom. The Morgan fingerprint density at radius 3 is 2.76 bits per heavy atom. The molecule has 5 atom stereocenters. The topological polar surface area (TPSA) is 55.8 Å². The number of hydrogen-bond acceptors (Lipinski definition) is 4.